The first-order valence-electron chi connectivity index (χ1n) is 3.92. The molecule has 2 rings (SSSR count). The van der Waals surface area contributed by atoms with E-state index in [-0.39, 0.29) is 51.4 Å². The van der Waals surface area contributed by atoms with Gasteiger partial charge in [0.2, 0.25) is 0 Å². The number of carboxylic acid groups (broad SMARTS) is 1. The third-order valence-electron chi connectivity index (χ3n) is 1.46. The van der Waals surface area contributed by atoms with Gasteiger partial charge in [0, 0.05) is 18.6 Å². The van der Waals surface area contributed by atoms with Gasteiger partial charge in [-0.2, -0.15) is 0 Å². The molecule has 0 aliphatic rings. The van der Waals surface area contributed by atoms with Crippen LogP contribution in [0, 0.1) is 0 Å². The van der Waals surface area contributed by atoms with Crippen molar-refractivity contribution in [2.24, 2.45) is 0 Å². The van der Waals surface area contributed by atoms with E-state index in [1.54, 1.807) is 0 Å². The van der Waals surface area contributed by atoms with Gasteiger partial charge in [0.05, 0.1) is 0 Å². The molecule has 0 unspecified atom stereocenters. The van der Waals surface area contributed by atoms with Crippen molar-refractivity contribution in [1.29, 1.82) is 0 Å². The number of aromatic nitrogens is 1. The average Bonchev–Trinajstić information content (AvgIpc) is 2.49. The van der Waals surface area contributed by atoms with Gasteiger partial charge in [0.15, 0.2) is 0 Å². The molecule has 2 N–H and O–H groups in total. The second-order valence-corrected chi connectivity index (χ2v) is 2.58. The van der Waals surface area contributed by atoms with E-state index in [9.17, 15) is 0 Å². The van der Waals surface area contributed by atoms with Crippen molar-refractivity contribution in [2.45, 2.75) is 6.92 Å². The average molecular weight is 217 g/mol. The van der Waals surface area contributed by atoms with Crippen LogP contribution in [0.15, 0.2) is 36.5 Å². The maximum atomic E-state index is 9.00. The quantitative estimate of drug-likeness (QED) is 0.659. The minimum Gasteiger partial charge on any atom is -0.361 e. The van der Waals surface area contributed by atoms with Crippen LogP contribution in [-0.4, -0.2) is 67.4 Å². The van der Waals surface area contributed by atoms with Gasteiger partial charge in [-0.1, -0.05) is 18.2 Å². The van der Waals surface area contributed by atoms with E-state index in [2.05, 4.69) is 23.2 Å². The summed E-state index contributed by atoms with van der Waals surface area (Å²) >= 11 is 0. The molecule has 0 saturated heterocycles. The Labute approximate surface area is 125 Å². The van der Waals surface area contributed by atoms with Crippen LogP contribution in [-0.2, 0) is 4.79 Å². The van der Waals surface area contributed by atoms with Crippen LogP contribution in [0.2, 0.25) is 0 Å². The Morgan fingerprint density at radius 2 is 1.86 bits per heavy atom. The van der Waals surface area contributed by atoms with Crippen LogP contribution < -0.4 is 0 Å². The zero-order valence-corrected chi connectivity index (χ0v) is 7.32. The molecule has 0 aliphatic heterocycles. The third kappa shape index (κ3) is 4.93. The molecule has 1 heterocycles. The fraction of sp³-hybridized carbons (Fsp3) is 0.100. The van der Waals surface area contributed by atoms with E-state index < -0.39 is 5.97 Å². The normalized spacial score (nSPS) is 8.36. The molecular weight excluding hydrogens is 205 g/mol. The second-order valence-electron chi connectivity index (χ2n) is 2.58. The van der Waals surface area contributed by atoms with E-state index >= 15 is 0 Å². The Morgan fingerprint density at radius 1 is 1.29 bits per heavy atom. The fourth-order valence-electron chi connectivity index (χ4n) is 0.995. The summed E-state index contributed by atoms with van der Waals surface area (Å²) in [5.74, 6) is -0.833. The van der Waals surface area contributed by atoms with E-state index in [1.807, 2.05) is 18.3 Å². The molecule has 0 bridgehead atoms. The monoisotopic (exact) mass is 217 g/mol. The number of para-hydroxylation sites is 1. The van der Waals surface area contributed by atoms with E-state index in [0.717, 1.165) is 6.92 Å². The summed E-state index contributed by atoms with van der Waals surface area (Å²) in [5, 5.41) is 8.69. The van der Waals surface area contributed by atoms with Crippen LogP contribution in [0.5, 0.6) is 0 Å². The van der Waals surface area contributed by atoms with Gasteiger partial charge in [0.25, 0.3) is 5.97 Å². The molecule has 1 aromatic heterocycles. The number of nitrogens with one attached hydrogen (secondary N) is 1. The summed E-state index contributed by atoms with van der Waals surface area (Å²) in [4.78, 5) is 12.1. The zero-order valence-electron chi connectivity index (χ0n) is 7.32. The summed E-state index contributed by atoms with van der Waals surface area (Å²) in [6.45, 7) is 1.08. The molecule has 0 atom stereocenters. The Balaban J connectivity index is 0.000000299. The molecule has 14 heavy (non-hydrogen) atoms. The van der Waals surface area contributed by atoms with Crippen LogP contribution in [0.4, 0.5) is 0 Å². The van der Waals surface area contributed by atoms with E-state index in [1.165, 1.54) is 10.9 Å². The van der Waals surface area contributed by atoms with Crippen molar-refractivity contribution in [3.63, 3.8) is 0 Å². The molecule has 70 valence electrons. The molecule has 0 spiro atoms. The second kappa shape index (κ2) is 7.20. The standard InChI is InChI=1S/C8H7N.C2H4O2.K.H/c1-2-4-8-7(3-1)5-6-9-8;1-2(3)4;;/h1-6,9H;1H3,(H,3,4);;. The number of aromatic amines is 1. The molecule has 2 aromatic rings. The first-order valence-corrected chi connectivity index (χ1v) is 3.92. The number of aliphatic carboxylic acids is 1. The predicted molar refractivity (Wildman–Crippen MR) is 58.8 cm³/mol. The SMILES string of the molecule is CC(=O)O.[KH].c1ccc2[nH]ccc2c1. The van der Waals surface area contributed by atoms with Crippen molar-refractivity contribution in [1.82, 2.24) is 4.98 Å². The molecule has 4 heteroatoms. The van der Waals surface area contributed by atoms with Gasteiger partial charge in [-0.05, 0) is 17.5 Å². The Hall–Kier alpha value is -0.134. The summed E-state index contributed by atoms with van der Waals surface area (Å²) in [6.07, 6.45) is 1.95. The zero-order chi connectivity index (χ0) is 9.68. The maximum absolute atomic E-state index is 9.00. The fourth-order valence-corrected chi connectivity index (χ4v) is 0.995. The molecule has 3 nitrogen and oxygen atoms in total. The minimum absolute atomic E-state index is 0. The van der Waals surface area contributed by atoms with Crippen molar-refractivity contribution < 1.29 is 9.90 Å². The summed E-state index contributed by atoms with van der Waals surface area (Å²) in [7, 11) is 0. The number of hydrogen-bond acceptors (Lipinski definition) is 1. The number of fused-ring (bicyclic) bond motifs is 1. The molecule has 1 aromatic carbocycles. The Bertz CT molecular complexity index is 363. The molecule has 0 fully saturated rings. The van der Waals surface area contributed by atoms with Gasteiger partial charge < -0.3 is 10.1 Å². The largest absolute Gasteiger partial charge is 0.361 e. The van der Waals surface area contributed by atoms with Crippen LogP contribution >= 0.6 is 0 Å². The van der Waals surface area contributed by atoms with Gasteiger partial charge in [-0.3, -0.25) is 4.79 Å². The van der Waals surface area contributed by atoms with Gasteiger partial charge in [-0.25, -0.2) is 0 Å². The van der Waals surface area contributed by atoms with E-state index in [0.29, 0.717) is 0 Å². The molecule has 0 saturated carbocycles. The van der Waals surface area contributed by atoms with Crippen LogP contribution in [0.3, 0.4) is 0 Å². The number of carbonyl (C=O) groups is 1. The third-order valence-corrected chi connectivity index (χ3v) is 1.46. The first-order chi connectivity index (χ1) is 6.20. The van der Waals surface area contributed by atoms with Gasteiger partial charge >= 0.3 is 51.4 Å². The predicted octanol–water partition coefficient (Wildman–Crippen LogP) is 1.61. The van der Waals surface area contributed by atoms with Crippen molar-refractivity contribution in [3.05, 3.63) is 36.5 Å². The molecule has 0 aliphatic carbocycles. The summed E-state index contributed by atoms with van der Waals surface area (Å²) in [6, 6.07) is 10.3. The van der Waals surface area contributed by atoms with Crippen LogP contribution in [0.1, 0.15) is 6.92 Å². The number of H-pyrrole nitrogens is 1. The molecule has 0 radical (unpaired) electrons. The molecule has 0 amide bonds. The minimum atomic E-state index is -0.833. The maximum Gasteiger partial charge on any atom is 0.0453 e. The van der Waals surface area contributed by atoms with Crippen molar-refractivity contribution >= 4 is 68.3 Å². The van der Waals surface area contributed by atoms with Crippen molar-refractivity contribution in [3.8, 4) is 0 Å². The number of hydrogen-bond donors (Lipinski definition) is 2. The number of carboxylic acids is 1. The molecular formula is C10H12KNO2. The Kier molecular flexibility index (Phi) is 7.13. The van der Waals surface area contributed by atoms with E-state index in [4.69, 9.17) is 9.90 Å². The number of rotatable bonds is 0. The summed E-state index contributed by atoms with van der Waals surface area (Å²) in [5.41, 5.74) is 1.21. The summed E-state index contributed by atoms with van der Waals surface area (Å²) < 4.78 is 0. The first kappa shape index (κ1) is 13.9. The van der Waals surface area contributed by atoms with Crippen molar-refractivity contribution in [2.75, 3.05) is 0 Å². The smallest absolute Gasteiger partial charge is 0.0453 e. The number of benzene rings is 1. The van der Waals surface area contributed by atoms with Gasteiger partial charge in [0.1, 0.15) is 0 Å². The van der Waals surface area contributed by atoms with Crippen LogP contribution in [0.25, 0.3) is 10.9 Å². The topological polar surface area (TPSA) is 53.1 Å². The Morgan fingerprint density at radius 3 is 2.43 bits per heavy atom. The van der Waals surface area contributed by atoms with Gasteiger partial charge in [-0.15, -0.1) is 0 Å².